The third-order valence-electron chi connectivity index (χ3n) is 6.02. The van der Waals surface area contributed by atoms with Gasteiger partial charge in [-0.1, -0.05) is 36.2 Å². The number of piperidine rings is 1. The van der Waals surface area contributed by atoms with Gasteiger partial charge in [0.25, 0.3) is 5.91 Å². The van der Waals surface area contributed by atoms with E-state index in [2.05, 4.69) is 34.7 Å². The Morgan fingerprint density at radius 1 is 1.19 bits per heavy atom. The van der Waals surface area contributed by atoms with Crippen molar-refractivity contribution in [3.8, 4) is 0 Å². The summed E-state index contributed by atoms with van der Waals surface area (Å²) in [5.74, 6) is 1.72. The van der Waals surface area contributed by atoms with E-state index >= 15 is 0 Å². The number of carbonyl (C=O) groups is 2. The number of hydrogen-bond donors (Lipinski definition) is 1. The third-order valence-corrected chi connectivity index (χ3v) is 7.86. The fourth-order valence-corrected chi connectivity index (χ4v) is 5.58. The average molecular weight is 454 g/mol. The quantitative estimate of drug-likeness (QED) is 0.388. The van der Waals surface area contributed by atoms with Gasteiger partial charge < -0.3 is 5.32 Å². The fourth-order valence-electron chi connectivity index (χ4n) is 4.11. The Hall–Kier alpha value is -2.09. The SMILES string of the molecule is CSc1cccc(C2=NC3(CCN(SCCc4ccc(C=O)cc4C)CC3)C(=O)N2)c1. The smallest absolute Gasteiger partial charge is 0.253 e. The molecule has 0 radical (unpaired) electrons. The van der Waals surface area contributed by atoms with Crippen LogP contribution >= 0.6 is 23.7 Å². The molecule has 1 N–H and O–H groups in total. The van der Waals surface area contributed by atoms with E-state index in [0.717, 1.165) is 66.0 Å². The maximum absolute atomic E-state index is 12.8. The van der Waals surface area contributed by atoms with E-state index in [1.807, 2.05) is 42.5 Å². The van der Waals surface area contributed by atoms with Crippen LogP contribution in [-0.2, 0) is 11.2 Å². The number of nitrogens with one attached hydrogen (secondary N) is 1. The molecule has 2 aromatic carbocycles. The van der Waals surface area contributed by atoms with Crippen molar-refractivity contribution in [2.24, 2.45) is 4.99 Å². The number of aldehydes is 1. The van der Waals surface area contributed by atoms with Crippen molar-refractivity contribution in [2.45, 2.75) is 36.6 Å². The van der Waals surface area contributed by atoms with Crippen molar-refractivity contribution in [2.75, 3.05) is 25.1 Å². The van der Waals surface area contributed by atoms with Gasteiger partial charge in [0.05, 0.1) is 0 Å². The zero-order chi connectivity index (χ0) is 21.8. The molecule has 2 aliphatic heterocycles. The monoisotopic (exact) mass is 453 g/mol. The van der Waals surface area contributed by atoms with Crippen LogP contribution in [0.15, 0.2) is 52.4 Å². The molecule has 1 amide bonds. The first-order valence-corrected chi connectivity index (χ1v) is 12.7. The van der Waals surface area contributed by atoms with E-state index in [0.29, 0.717) is 5.84 Å². The van der Waals surface area contributed by atoms with Gasteiger partial charge in [-0.2, -0.15) is 0 Å². The van der Waals surface area contributed by atoms with E-state index in [4.69, 9.17) is 4.99 Å². The van der Waals surface area contributed by atoms with Crippen molar-refractivity contribution in [1.29, 1.82) is 0 Å². The molecule has 0 atom stereocenters. The molecule has 0 saturated carbocycles. The number of rotatable bonds is 7. The van der Waals surface area contributed by atoms with Crippen molar-refractivity contribution >= 4 is 41.7 Å². The Bertz CT molecular complexity index is 1010. The maximum Gasteiger partial charge on any atom is 0.253 e. The van der Waals surface area contributed by atoms with Crippen LogP contribution in [0.5, 0.6) is 0 Å². The van der Waals surface area contributed by atoms with Crippen molar-refractivity contribution in [3.63, 3.8) is 0 Å². The molecule has 1 fully saturated rings. The van der Waals surface area contributed by atoms with Gasteiger partial charge in [-0.15, -0.1) is 11.8 Å². The van der Waals surface area contributed by atoms with Gasteiger partial charge in [-0.3, -0.25) is 18.9 Å². The van der Waals surface area contributed by atoms with Crippen molar-refractivity contribution in [3.05, 3.63) is 64.7 Å². The summed E-state index contributed by atoms with van der Waals surface area (Å²) >= 11 is 3.52. The second-order valence-electron chi connectivity index (χ2n) is 7.99. The van der Waals surface area contributed by atoms with Gasteiger partial charge in [0.1, 0.15) is 17.7 Å². The maximum atomic E-state index is 12.8. The Morgan fingerprint density at radius 2 is 2.00 bits per heavy atom. The number of amidine groups is 1. The number of thioether (sulfide) groups is 1. The highest BCUT2D eigenvalue weighted by atomic mass is 32.2. The van der Waals surface area contributed by atoms with Gasteiger partial charge in [-0.05, 0) is 61.8 Å². The number of carbonyl (C=O) groups excluding carboxylic acids is 2. The molecule has 2 heterocycles. The minimum atomic E-state index is -0.622. The van der Waals surface area contributed by atoms with E-state index in [-0.39, 0.29) is 5.91 Å². The van der Waals surface area contributed by atoms with Crippen LogP contribution in [0.4, 0.5) is 0 Å². The Labute approximate surface area is 192 Å². The average Bonchev–Trinajstić information content (AvgIpc) is 3.12. The van der Waals surface area contributed by atoms with Crippen LogP contribution in [0.1, 0.15) is 39.9 Å². The molecule has 31 heavy (non-hydrogen) atoms. The molecule has 0 aromatic heterocycles. The summed E-state index contributed by atoms with van der Waals surface area (Å²) in [6.07, 6.45) is 5.38. The number of aryl methyl sites for hydroxylation is 2. The van der Waals surface area contributed by atoms with Gasteiger partial charge in [0.2, 0.25) is 0 Å². The number of nitrogens with zero attached hydrogens (tertiary/aromatic N) is 2. The van der Waals surface area contributed by atoms with Gasteiger partial charge >= 0.3 is 0 Å². The number of amides is 1. The topological polar surface area (TPSA) is 61.8 Å². The molecule has 2 aromatic rings. The lowest BCUT2D eigenvalue weighted by atomic mass is 9.89. The molecule has 4 rings (SSSR count). The predicted molar refractivity (Wildman–Crippen MR) is 129 cm³/mol. The Morgan fingerprint density at radius 3 is 2.71 bits per heavy atom. The third kappa shape index (κ3) is 4.89. The summed E-state index contributed by atoms with van der Waals surface area (Å²) < 4.78 is 2.36. The molecule has 5 nitrogen and oxygen atoms in total. The summed E-state index contributed by atoms with van der Waals surface area (Å²) in [6.45, 7) is 3.76. The van der Waals surface area contributed by atoms with Crippen LogP contribution in [0.2, 0.25) is 0 Å². The Balaban J connectivity index is 1.33. The zero-order valence-electron chi connectivity index (χ0n) is 17.9. The zero-order valence-corrected chi connectivity index (χ0v) is 19.5. The number of hydrogen-bond acceptors (Lipinski definition) is 6. The minimum Gasteiger partial charge on any atom is -0.308 e. The first kappa shape index (κ1) is 22.1. The standard InChI is InChI=1S/C24H27N3O2S2/c1-17-14-18(16-28)6-7-19(17)8-13-31-27-11-9-24(10-12-27)23(29)25-22(26-24)20-4-3-5-21(15-20)30-2/h3-7,14-16H,8-13H2,1-2H3,(H,25,26,29). The van der Waals surface area contributed by atoms with Crippen LogP contribution < -0.4 is 5.32 Å². The van der Waals surface area contributed by atoms with Crippen LogP contribution in [-0.4, -0.2) is 53.0 Å². The highest BCUT2D eigenvalue weighted by molar-refractivity contribution is 7.98. The van der Waals surface area contributed by atoms with Crippen molar-refractivity contribution in [1.82, 2.24) is 9.62 Å². The molecule has 2 aliphatic rings. The van der Waals surface area contributed by atoms with E-state index in [1.54, 1.807) is 11.8 Å². The summed E-state index contributed by atoms with van der Waals surface area (Å²) in [5.41, 5.74) is 3.53. The lowest BCUT2D eigenvalue weighted by molar-refractivity contribution is -0.124. The minimum absolute atomic E-state index is 0.0348. The van der Waals surface area contributed by atoms with Gasteiger partial charge in [0.15, 0.2) is 0 Å². The summed E-state index contributed by atoms with van der Waals surface area (Å²) in [5, 5.41) is 3.03. The highest BCUT2D eigenvalue weighted by Crippen LogP contribution is 2.33. The number of benzene rings is 2. The first-order chi connectivity index (χ1) is 15.0. The summed E-state index contributed by atoms with van der Waals surface area (Å²) in [4.78, 5) is 29.7. The normalized spacial score (nSPS) is 18.1. The lowest BCUT2D eigenvalue weighted by Crippen LogP contribution is -2.47. The largest absolute Gasteiger partial charge is 0.308 e. The molecule has 1 saturated heterocycles. The number of aliphatic imine (C=N–C) groups is 1. The second kappa shape index (κ2) is 9.59. The van der Waals surface area contributed by atoms with E-state index in [9.17, 15) is 9.59 Å². The molecule has 1 spiro atoms. The fraction of sp³-hybridized carbons (Fsp3) is 0.375. The van der Waals surface area contributed by atoms with Gasteiger partial charge in [-0.25, -0.2) is 0 Å². The van der Waals surface area contributed by atoms with Gasteiger partial charge in [0, 0.05) is 34.9 Å². The highest BCUT2D eigenvalue weighted by Gasteiger charge is 2.45. The summed E-state index contributed by atoms with van der Waals surface area (Å²) in [6, 6.07) is 14.0. The molecule has 0 unspecified atom stereocenters. The molecular formula is C24H27N3O2S2. The first-order valence-electron chi connectivity index (χ1n) is 10.5. The molecule has 162 valence electrons. The molecule has 0 aliphatic carbocycles. The summed E-state index contributed by atoms with van der Waals surface area (Å²) in [7, 11) is 0. The van der Waals surface area contributed by atoms with Crippen molar-refractivity contribution < 1.29 is 9.59 Å². The molecule has 0 bridgehead atoms. The van der Waals surface area contributed by atoms with Crippen LogP contribution in [0.25, 0.3) is 0 Å². The van der Waals surface area contributed by atoms with Crippen LogP contribution in [0, 0.1) is 6.92 Å². The van der Waals surface area contributed by atoms with E-state index in [1.165, 1.54) is 5.56 Å². The second-order valence-corrected chi connectivity index (χ2v) is 10.1. The van der Waals surface area contributed by atoms with E-state index < -0.39 is 5.54 Å². The predicted octanol–water partition coefficient (Wildman–Crippen LogP) is 4.13. The van der Waals surface area contributed by atoms with Crippen LogP contribution in [0.3, 0.4) is 0 Å². The molecule has 7 heteroatoms. The Kier molecular flexibility index (Phi) is 6.84. The lowest BCUT2D eigenvalue weighted by Gasteiger charge is -2.34. The molecular weight excluding hydrogens is 426 g/mol.